The minimum absolute atomic E-state index is 0.573. The molecular weight excluding hydrogens is 304 g/mol. The summed E-state index contributed by atoms with van der Waals surface area (Å²) in [6.07, 6.45) is 4.34. The summed E-state index contributed by atoms with van der Waals surface area (Å²) in [7, 11) is 1.70. The second-order valence-corrected chi connectivity index (χ2v) is 6.01. The first kappa shape index (κ1) is 14.7. The highest BCUT2D eigenvalue weighted by molar-refractivity contribution is 5.81. The number of hydrogen-bond acceptors (Lipinski definition) is 6. The normalized spacial score (nSPS) is 17.4. The molecule has 1 saturated heterocycles. The van der Waals surface area contributed by atoms with E-state index in [1.165, 1.54) is 5.69 Å². The van der Waals surface area contributed by atoms with Crippen molar-refractivity contribution in [1.82, 2.24) is 19.9 Å². The zero-order chi connectivity index (χ0) is 16.4. The number of imidazole rings is 1. The van der Waals surface area contributed by atoms with E-state index in [0.29, 0.717) is 11.6 Å². The maximum absolute atomic E-state index is 5.32. The molecular formula is C17H20N6O. The van der Waals surface area contributed by atoms with Crippen LogP contribution in [0.5, 0.6) is 5.75 Å². The van der Waals surface area contributed by atoms with Crippen LogP contribution in [0.1, 0.15) is 6.42 Å². The third-order valence-electron chi connectivity index (χ3n) is 4.49. The lowest BCUT2D eigenvalue weighted by Crippen LogP contribution is -2.22. The van der Waals surface area contributed by atoms with E-state index in [9.17, 15) is 0 Å². The van der Waals surface area contributed by atoms with Crippen molar-refractivity contribution in [3.63, 3.8) is 0 Å². The Hall–Kier alpha value is -2.83. The molecule has 1 atom stereocenters. The van der Waals surface area contributed by atoms with Crippen LogP contribution in [0.15, 0.2) is 36.9 Å². The van der Waals surface area contributed by atoms with Gasteiger partial charge in [0, 0.05) is 31.4 Å². The SMILES string of the molecule is COc1cccc(N2CCC(CNc3ncnc4nc[nH]c34)C2)c1. The molecule has 4 rings (SSSR count). The van der Waals surface area contributed by atoms with E-state index >= 15 is 0 Å². The van der Waals surface area contributed by atoms with Gasteiger partial charge < -0.3 is 19.9 Å². The van der Waals surface area contributed by atoms with Gasteiger partial charge in [0.2, 0.25) is 0 Å². The number of nitrogens with zero attached hydrogens (tertiary/aromatic N) is 4. The summed E-state index contributed by atoms with van der Waals surface area (Å²) in [5, 5.41) is 3.44. The van der Waals surface area contributed by atoms with E-state index in [0.717, 1.165) is 43.1 Å². The van der Waals surface area contributed by atoms with Crippen LogP contribution in [0.4, 0.5) is 11.5 Å². The van der Waals surface area contributed by atoms with Crippen molar-refractivity contribution >= 4 is 22.7 Å². The summed E-state index contributed by atoms with van der Waals surface area (Å²) in [5.41, 5.74) is 2.77. The van der Waals surface area contributed by atoms with Crippen molar-refractivity contribution in [1.29, 1.82) is 0 Å². The topological polar surface area (TPSA) is 79.0 Å². The fourth-order valence-corrected chi connectivity index (χ4v) is 3.18. The van der Waals surface area contributed by atoms with Crippen molar-refractivity contribution < 1.29 is 4.74 Å². The molecule has 0 spiro atoms. The standard InChI is InChI=1S/C17H20N6O/c1-24-14-4-2-3-13(7-14)23-6-5-12(9-23)8-18-16-15-17(20-10-19-15)22-11-21-16/h2-4,7,10-12H,5-6,8-9H2,1H3,(H2,18,19,20,21,22). The van der Waals surface area contributed by atoms with Crippen LogP contribution in [0, 0.1) is 5.92 Å². The first-order valence-electron chi connectivity index (χ1n) is 8.10. The van der Waals surface area contributed by atoms with Crippen LogP contribution >= 0.6 is 0 Å². The smallest absolute Gasteiger partial charge is 0.182 e. The minimum atomic E-state index is 0.573. The number of fused-ring (bicyclic) bond motifs is 1. The zero-order valence-corrected chi connectivity index (χ0v) is 13.6. The van der Waals surface area contributed by atoms with Crippen molar-refractivity contribution in [2.75, 3.05) is 37.0 Å². The molecule has 1 aromatic carbocycles. The molecule has 7 nitrogen and oxygen atoms in total. The van der Waals surface area contributed by atoms with E-state index in [1.54, 1.807) is 19.8 Å². The Bertz CT molecular complexity index is 833. The molecule has 2 aromatic heterocycles. The quantitative estimate of drug-likeness (QED) is 0.750. The maximum atomic E-state index is 5.32. The summed E-state index contributed by atoms with van der Waals surface area (Å²) in [6, 6.07) is 8.24. The van der Waals surface area contributed by atoms with Gasteiger partial charge in [-0.05, 0) is 24.5 Å². The number of methoxy groups -OCH3 is 1. The number of H-pyrrole nitrogens is 1. The Kier molecular flexibility index (Phi) is 3.90. The van der Waals surface area contributed by atoms with Crippen LogP contribution in [-0.2, 0) is 0 Å². The van der Waals surface area contributed by atoms with E-state index in [2.05, 4.69) is 42.3 Å². The van der Waals surface area contributed by atoms with Crippen LogP contribution < -0.4 is 15.0 Å². The highest BCUT2D eigenvalue weighted by Crippen LogP contribution is 2.27. The van der Waals surface area contributed by atoms with Gasteiger partial charge in [-0.15, -0.1) is 0 Å². The fraction of sp³-hybridized carbons (Fsp3) is 0.353. The average molecular weight is 324 g/mol. The van der Waals surface area contributed by atoms with Gasteiger partial charge in [0.1, 0.15) is 17.6 Å². The number of rotatable bonds is 5. The molecule has 24 heavy (non-hydrogen) atoms. The van der Waals surface area contributed by atoms with E-state index in [-0.39, 0.29) is 0 Å². The Balaban J connectivity index is 1.39. The fourth-order valence-electron chi connectivity index (χ4n) is 3.18. The summed E-state index contributed by atoms with van der Waals surface area (Å²) in [6.45, 7) is 2.96. The van der Waals surface area contributed by atoms with Gasteiger partial charge in [0.25, 0.3) is 0 Å². The van der Waals surface area contributed by atoms with Gasteiger partial charge in [0.05, 0.1) is 13.4 Å². The molecule has 3 aromatic rings. The predicted octanol–water partition coefficient (Wildman–Crippen LogP) is 2.30. The minimum Gasteiger partial charge on any atom is -0.497 e. The molecule has 1 fully saturated rings. The molecule has 1 aliphatic heterocycles. The molecule has 0 amide bonds. The largest absolute Gasteiger partial charge is 0.497 e. The summed E-state index contributed by atoms with van der Waals surface area (Å²) in [4.78, 5) is 18.1. The van der Waals surface area contributed by atoms with Gasteiger partial charge in [-0.2, -0.15) is 0 Å². The molecule has 0 bridgehead atoms. The van der Waals surface area contributed by atoms with Crippen LogP contribution in [0.2, 0.25) is 0 Å². The van der Waals surface area contributed by atoms with E-state index in [4.69, 9.17) is 4.74 Å². The summed E-state index contributed by atoms with van der Waals surface area (Å²) >= 11 is 0. The molecule has 1 unspecified atom stereocenters. The number of aromatic nitrogens is 4. The van der Waals surface area contributed by atoms with Crippen LogP contribution in [-0.4, -0.2) is 46.7 Å². The van der Waals surface area contributed by atoms with Gasteiger partial charge in [-0.1, -0.05) is 6.07 Å². The Morgan fingerprint density at radius 1 is 1.33 bits per heavy atom. The Morgan fingerprint density at radius 2 is 2.29 bits per heavy atom. The number of aromatic amines is 1. The van der Waals surface area contributed by atoms with E-state index in [1.807, 2.05) is 12.1 Å². The molecule has 7 heteroatoms. The van der Waals surface area contributed by atoms with Gasteiger partial charge in [-0.3, -0.25) is 0 Å². The molecule has 1 aliphatic rings. The third kappa shape index (κ3) is 2.84. The number of hydrogen-bond donors (Lipinski definition) is 2. The molecule has 0 aliphatic carbocycles. The molecule has 3 heterocycles. The highest BCUT2D eigenvalue weighted by atomic mass is 16.5. The Labute approximate surface area is 140 Å². The number of ether oxygens (including phenoxy) is 1. The van der Waals surface area contributed by atoms with Gasteiger partial charge in [0.15, 0.2) is 11.5 Å². The molecule has 2 N–H and O–H groups in total. The lowest BCUT2D eigenvalue weighted by atomic mass is 10.1. The Morgan fingerprint density at radius 3 is 3.21 bits per heavy atom. The summed E-state index contributed by atoms with van der Waals surface area (Å²) in [5.74, 6) is 2.29. The van der Waals surface area contributed by atoms with Crippen LogP contribution in [0.3, 0.4) is 0 Å². The summed E-state index contributed by atoms with van der Waals surface area (Å²) < 4.78 is 5.32. The lowest BCUT2D eigenvalue weighted by Gasteiger charge is -2.19. The van der Waals surface area contributed by atoms with Gasteiger partial charge >= 0.3 is 0 Å². The lowest BCUT2D eigenvalue weighted by molar-refractivity contribution is 0.415. The third-order valence-corrected chi connectivity index (χ3v) is 4.49. The van der Waals surface area contributed by atoms with Crippen molar-refractivity contribution in [3.8, 4) is 5.75 Å². The second kappa shape index (κ2) is 6.35. The first-order chi connectivity index (χ1) is 11.8. The van der Waals surface area contributed by atoms with Crippen molar-refractivity contribution in [3.05, 3.63) is 36.9 Å². The molecule has 0 radical (unpaired) electrons. The highest BCUT2D eigenvalue weighted by Gasteiger charge is 2.23. The average Bonchev–Trinajstić information content (AvgIpc) is 3.29. The number of anilines is 2. The maximum Gasteiger partial charge on any atom is 0.182 e. The molecule has 0 saturated carbocycles. The predicted molar refractivity (Wildman–Crippen MR) is 93.5 cm³/mol. The van der Waals surface area contributed by atoms with Crippen LogP contribution in [0.25, 0.3) is 11.2 Å². The number of nitrogens with one attached hydrogen (secondary N) is 2. The zero-order valence-electron chi connectivity index (χ0n) is 13.6. The van der Waals surface area contributed by atoms with Crippen molar-refractivity contribution in [2.45, 2.75) is 6.42 Å². The van der Waals surface area contributed by atoms with Crippen molar-refractivity contribution in [2.24, 2.45) is 5.92 Å². The monoisotopic (exact) mass is 324 g/mol. The van der Waals surface area contributed by atoms with Gasteiger partial charge in [-0.25, -0.2) is 15.0 Å². The first-order valence-corrected chi connectivity index (χ1v) is 8.10. The van der Waals surface area contributed by atoms with E-state index < -0.39 is 0 Å². The molecule has 124 valence electrons. The second-order valence-electron chi connectivity index (χ2n) is 6.01. The number of benzene rings is 1.